The molecule has 1 aliphatic rings. The lowest BCUT2D eigenvalue weighted by Gasteiger charge is -2.33. The van der Waals surface area contributed by atoms with Crippen molar-refractivity contribution in [2.45, 2.75) is 25.3 Å². The molecule has 0 radical (unpaired) electrons. The van der Waals surface area contributed by atoms with Gasteiger partial charge in [0.05, 0.1) is 0 Å². The third-order valence-corrected chi connectivity index (χ3v) is 2.47. The van der Waals surface area contributed by atoms with Crippen molar-refractivity contribution in [3.05, 3.63) is 12.2 Å². The minimum absolute atomic E-state index is 0.392. The first kappa shape index (κ1) is 9.75. The van der Waals surface area contributed by atoms with Crippen LogP contribution in [0.2, 0.25) is 0 Å². The molecule has 1 fully saturated rings. The van der Waals surface area contributed by atoms with Crippen LogP contribution >= 0.6 is 11.6 Å². The Morgan fingerprint density at radius 1 is 1.67 bits per heavy atom. The van der Waals surface area contributed by atoms with E-state index >= 15 is 0 Å². The first-order valence-corrected chi connectivity index (χ1v) is 4.64. The molecular weight excluding hydrogens is 174 g/mol. The van der Waals surface area contributed by atoms with Crippen molar-refractivity contribution in [1.29, 1.82) is 0 Å². The average molecular weight is 188 g/mol. The molecule has 0 N–H and O–H groups in total. The van der Waals surface area contributed by atoms with Crippen LogP contribution in [0.5, 0.6) is 0 Å². The molecule has 1 aliphatic carbocycles. The van der Waals surface area contributed by atoms with Crippen LogP contribution in [0.4, 0.5) is 0 Å². The fraction of sp³-hybridized carbons (Fsp3) is 0.667. The SMILES string of the molecule is CN(CC=CC(=O)Cl)C1CCC1. The van der Waals surface area contributed by atoms with Gasteiger partial charge in [0.2, 0.25) is 5.24 Å². The van der Waals surface area contributed by atoms with Gasteiger partial charge < -0.3 is 0 Å². The van der Waals surface area contributed by atoms with E-state index in [1.807, 2.05) is 6.08 Å². The van der Waals surface area contributed by atoms with Crippen LogP contribution in [0, 0.1) is 0 Å². The third kappa shape index (κ3) is 2.95. The van der Waals surface area contributed by atoms with Crippen molar-refractivity contribution >= 4 is 16.8 Å². The number of rotatable bonds is 4. The van der Waals surface area contributed by atoms with Crippen LogP contribution in [-0.2, 0) is 4.79 Å². The highest BCUT2D eigenvalue weighted by Crippen LogP contribution is 2.22. The van der Waals surface area contributed by atoms with Gasteiger partial charge in [0.1, 0.15) is 0 Å². The van der Waals surface area contributed by atoms with Crippen LogP contribution in [0.15, 0.2) is 12.2 Å². The number of carbonyl (C=O) groups excluding carboxylic acids is 1. The molecule has 2 nitrogen and oxygen atoms in total. The maximum Gasteiger partial charge on any atom is 0.244 e. The second-order valence-corrected chi connectivity index (χ2v) is 3.60. The zero-order chi connectivity index (χ0) is 8.97. The van der Waals surface area contributed by atoms with E-state index in [0.29, 0.717) is 0 Å². The predicted octanol–water partition coefficient (Wildman–Crippen LogP) is 1.79. The molecule has 0 unspecified atom stereocenters. The Labute approximate surface area is 78.2 Å². The summed E-state index contributed by atoms with van der Waals surface area (Å²) in [5.41, 5.74) is 0. The summed E-state index contributed by atoms with van der Waals surface area (Å²) in [4.78, 5) is 12.6. The number of likely N-dealkylation sites (N-methyl/N-ethyl adjacent to an activating group) is 1. The van der Waals surface area contributed by atoms with E-state index in [9.17, 15) is 4.79 Å². The Kier molecular flexibility index (Phi) is 3.76. The lowest BCUT2D eigenvalue weighted by Crippen LogP contribution is -2.37. The molecule has 1 saturated carbocycles. The lowest BCUT2D eigenvalue weighted by molar-refractivity contribution is -0.107. The fourth-order valence-electron chi connectivity index (χ4n) is 1.29. The second-order valence-electron chi connectivity index (χ2n) is 3.23. The van der Waals surface area contributed by atoms with E-state index in [4.69, 9.17) is 11.6 Å². The largest absolute Gasteiger partial charge is 0.300 e. The zero-order valence-corrected chi connectivity index (χ0v) is 8.05. The molecule has 0 spiro atoms. The first-order valence-electron chi connectivity index (χ1n) is 4.26. The summed E-state index contributed by atoms with van der Waals surface area (Å²) in [5, 5.41) is -0.392. The number of nitrogens with zero attached hydrogens (tertiary/aromatic N) is 1. The van der Waals surface area contributed by atoms with Crippen LogP contribution in [0.25, 0.3) is 0 Å². The highest BCUT2D eigenvalue weighted by Gasteiger charge is 2.20. The van der Waals surface area contributed by atoms with E-state index in [1.165, 1.54) is 25.3 Å². The Bertz CT molecular complexity index is 187. The minimum Gasteiger partial charge on any atom is -0.300 e. The van der Waals surface area contributed by atoms with Crippen LogP contribution in [-0.4, -0.2) is 29.8 Å². The zero-order valence-electron chi connectivity index (χ0n) is 7.29. The molecular formula is C9H14ClNO. The highest BCUT2D eigenvalue weighted by atomic mass is 35.5. The van der Waals surface area contributed by atoms with Gasteiger partial charge in [0.25, 0.3) is 0 Å². The van der Waals surface area contributed by atoms with Gasteiger partial charge in [-0.05, 0) is 37.6 Å². The maximum absolute atomic E-state index is 10.3. The monoisotopic (exact) mass is 187 g/mol. The Balaban J connectivity index is 2.17. The molecule has 68 valence electrons. The second kappa shape index (κ2) is 4.63. The van der Waals surface area contributed by atoms with Crippen LogP contribution < -0.4 is 0 Å². The van der Waals surface area contributed by atoms with E-state index in [2.05, 4.69) is 11.9 Å². The van der Waals surface area contributed by atoms with Crippen molar-refractivity contribution in [2.24, 2.45) is 0 Å². The molecule has 12 heavy (non-hydrogen) atoms. The number of allylic oxidation sites excluding steroid dienone is 1. The normalized spacial score (nSPS) is 18.6. The van der Waals surface area contributed by atoms with Crippen molar-refractivity contribution < 1.29 is 4.79 Å². The van der Waals surface area contributed by atoms with Gasteiger partial charge >= 0.3 is 0 Å². The van der Waals surface area contributed by atoms with Gasteiger partial charge in [0.15, 0.2) is 0 Å². The summed E-state index contributed by atoms with van der Waals surface area (Å²) in [6.07, 6.45) is 7.15. The lowest BCUT2D eigenvalue weighted by atomic mass is 9.92. The molecule has 0 aromatic carbocycles. The summed E-state index contributed by atoms with van der Waals surface area (Å²) in [7, 11) is 2.08. The number of carbonyl (C=O) groups is 1. The molecule has 0 aromatic heterocycles. The smallest absolute Gasteiger partial charge is 0.244 e. The Morgan fingerprint density at radius 2 is 2.33 bits per heavy atom. The number of halogens is 1. The predicted molar refractivity (Wildman–Crippen MR) is 50.3 cm³/mol. The molecule has 0 bridgehead atoms. The third-order valence-electron chi connectivity index (χ3n) is 2.34. The van der Waals surface area contributed by atoms with Crippen LogP contribution in [0.3, 0.4) is 0 Å². The molecule has 0 amide bonds. The summed E-state index contributed by atoms with van der Waals surface area (Å²) in [6.45, 7) is 0.823. The minimum atomic E-state index is -0.392. The number of hydrogen-bond donors (Lipinski definition) is 0. The van der Waals surface area contributed by atoms with E-state index < -0.39 is 5.24 Å². The first-order chi connectivity index (χ1) is 5.70. The van der Waals surface area contributed by atoms with Crippen molar-refractivity contribution in [3.63, 3.8) is 0 Å². The quantitative estimate of drug-likeness (QED) is 0.494. The van der Waals surface area contributed by atoms with Gasteiger partial charge in [-0.1, -0.05) is 12.5 Å². The maximum atomic E-state index is 10.3. The van der Waals surface area contributed by atoms with E-state index in [0.717, 1.165) is 12.6 Å². The average Bonchev–Trinajstić information content (AvgIpc) is 1.81. The van der Waals surface area contributed by atoms with Gasteiger partial charge in [-0.2, -0.15) is 0 Å². The van der Waals surface area contributed by atoms with Crippen molar-refractivity contribution in [2.75, 3.05) is 13.6 Å². The molecule has 0 heterocycles. The molecule has 0 saturated heterocycles. The van der Waals surface area contributed by atoms with Crippen molar-refractivity contribution in [3.8, 4) is 0 Å². The summed E-state index contributed by atoms with van der Waals surface area (Å²) in [6, 6.07) is 0.722. The Hall–Kier alpha value is -0.340. The van der Waals surface area contributed by atoms with Gasteiger partial charge in [-0.25, -0.2) is 0 Å². The van der Waals surface area contributed by atoms with Crippen molar-refractivity contribution in [1.82, 2.24) is 4.90 Å². The topological polar surface area (TPSA) is 20.3 Å². The molecule has 0 aliphatic heterocycles. The molecule has 3 heteroatoms. The van der Waals surface area contributed by atoms with Gasteiger partial charge in [0, 0.05) is 12.6 Å². The van der Waals surface area contributed by atoms with E-state index in [1.54, 1.807) is 0 Å². The standard InChI is InChI=1S/C9H14ClNO/c1-11(8-4-2-5-8)7-3-6-9(10)12/h3,6,8H,2,4-5,7H2,1H3. The fourth-order valence-corrected chi connectivity index (χ4v) is 1.38. The highest BCUT2D eigenvalue weighted by molar-refractivity contribution is 6.66. The van der Waals surface area contributed by atoms with E-state index in [-0.39, 0.29) is 0 Å². The van der Waals surface area contributed by atoms with Gasteiger partial charge in [-0.3, -0.25) is 9.69 Å². The summed E-state index contributed by atoms with van der Waals surface area (Å²) in [5.74, 6) is 0. The van der Waals surface area contributed by atoms with Crippen LogP contribution in [0.1, 0.15) is 19.3 Å². The van der Waals surface area contributed by atoms with Gasteiger partial charge in [-0.15, -0.1) is 0 Å². The Morgan fingerprint density at radius 3 is 2.75 bits per heavy atom. The summed E-state index contributed by atoms with van der Waals surface area (Å²) < 4.78 is 0. The molecule has 1 rings (SSSR count). The molecule has 0 aromatic rings. The summed E-state index contributed by atoms with van der Waals surface area (Å²) >= 11 is 5.14. The molecule has 0 atom stereocenters. The number of hydrogen-bond acceptors (Lipinski definition) is 2.